The van der Waals surface area contributed by atoms with Crippen LogP contribution >= 0.6 is 0 Å². The lowest BCUT2D eigenvalue weighted by Crippen LogP contribution is -2.14. The third-order valence-corrected chi connectivity index (χ3v) is 3.50. The van der Waals surface area contributed by atoms with Gasteiger partial charge in [0.25, 0.3) is 0 Å². The Morgan fingerprint density at radius 1 is 1.04 bits per heavy atom. The van der Waals surface area contributed by atoms with Crippen molar-refractivity contribution < 1.29 is 19.1 Å². The summed E-state index contributed by atoms with van der Waals surface area (Å²) in [4.78, 5) is 28.7. The zero-order valence-corrected chi connectivity index (χ0v) is 15.1. The van der Waals surface area contributed by atoms with Crippen molar-refractivity contribution in [2.45, 2.75) is 20.8 Å². The summed E-state index contributed by atoms with van der Waals surface area (Å²) in [6, 6.07) is 11.1. The fourth-order valence-corrected chi connectivity index (χ4v) is 2.29. The number of rotatable bonds is 7. The van der Waals surface area contributed by atoms with Gasteiger partial charge in [-0.3, -0.25) is 4.98 Å². The van der Waals surface area contributed by atoms with Crippen LogP contribution in [0.4, 0.5) is 5.69 Å². The van der Waals surface area contributed by atoms with Gasteiger partial charge in [0.1, 0.15) is 0 Å². The number of aromatic nitrogens is 1. The van der Waals surface area contributed by atoms with Crippen LogP contribution in [-0.2, 0) is 9.47 Å². The molecule has 1 N–H and O–H groups in total. The molecule has 0 aliphatic rings. The van der Waals surface area contributed by atoms with E-state index in [2.05, 4.69) is 10.3 Å². The van der Waals surface area contributed by atoms with Crippen LogP contribution in [0.2, 0.25) is 0 Å². The van der Waals surface area contributed by atoms with Gasteiger partial charge in [0, 0.05) is 11.9 Å². The van der Waals surface area contributed by atoms with Crippen molar-refractivity contribution in [3.05, 3.63) is 65.1 Å². The molecule has 6 nitrogen and oxygen atoms in total. The quantitative estimate of drug-likeness (QED) is 0.762. The van der Waals surface area contributed by atoms with Crippen LogP contribution in [0.15, 0.2) is 42.6 Å². The Morgan fingerprint density at radius 2 is 1.65 bits per heavy atom. The number of carbonyl (C=O) groups excluding carboxylic acids is 2. The van der Waals surface area contributed by atoms with E-state index in [1.54, 1.807) is 33.0 Å². The Balaban J connectivity index is 2.35. The largest absolute Gasteiger partial charge is 0.462 e. The fourth-order valence-electron chi connectivity index (χ4n) is 2.29. The molecule has 0 saturated heterocycles. The molecule has 0 saturated carbocycles. The molecule has 0 aliphatic carbocycles. The molecule has 2 rings (SSSR count). The number of hydrogen-bond acceptors (Lipinski definition) is 6. The van der Waals surface area contributed by atoms with Crippen molar-refractivity contribution in [2.75, 3.05) is 18.5 Å². The van der Waals surface area contributed by atoms with E-state index in [1.807, 2.05) is 30.3 Å². The summed E-state index contributed by atoms with van der Waals surface area (Å²) >= 11 is 0. The lowest BCUT2D eigenvalue weighted by molar-refractivity contribution is 0.0523. The first-order valence-corrected chi connectivity index (χ1v) is 8.40. The monoisotopic (exact) mass is 354 g/mol. The fraction of sp³-hybridized carbons (Fsp3) is 0.250. The molecule has 6 heteroatoms. The molecule has 0 atom stereocenters. The van der Waals surface area contributed by atoms with E-state index >= 15 is 0 Å². The molecular weight excluding hydrogens is 332 g/mol. The molecule has 0 spiro atoms. The van der Waals surface area contributed by atoms with Gasteiger partial charge < -0.3 is 14.8 Å². The number of carbonyl (C=O) groups is 2. The van der Waals surface area contributed by atoms with E-state index in [4.69, 9.17) is 9.47 Å². The second-order valence-electron chi connectivity index (χ2n) is 5.34. The average molecular weight is 354 g/mol. The Hall–Kier alpha value is -3.15. The first-order chi connectivity index (χ1) is 12.6. The number of hydrogen-bond donors (Lipinski definition) is 1. The van der Waals surface area contributed by atoms with Gasteiger partial charge in [-0.2, -0.15) is 0 Å². The Kier molecular flexibility index (Phi) is 6.91. The lowest BCUT2D eigenvalue weighted by atomic mass is 10.1. The van der Waals surface area contributed by atoms with Crippen molar-refractivity contribution in [3.63, 3.8) is 0 Å². The second-order valence-corrected chi connectivity index (χ2v) is 5.34. The second kappa shape index (κ2) is 9.36. The minimum absolute atomic E-state index is 0.214. The minimum atomic E-state index is -0.537. The molecule has 0 radical (unpaired) electrons. The van der Waals surface area contributed by atoms with E-state index in [1.165, 1.54) is 6.07 Å². The first kappa shape index (κ1) is 19.2. The number of pyridine rings is 1. The SMILES string of the molecule is CCOC(=O)c1cc(C(=O)OCC)c(/C=C\Nc2ccccc2)nc1C. The van der Waals surface area contributed by atoms with Crippen molar-refractivity contribution in [1.29, 1.82) is 0 Å². The number of aryl methyl sites for hydroxylation is 1. The summed E-state index contributed by atoms with van der Waals surface area (Å²) in [6.45, 7) is 5.61. The van der Waals surface area contributed by atoms with Gasteiger partial charge in [-0.1, -0.05) is 18.2 Å². The molecular formula is C20H22N2O4. The number of para-hydroxylation sites is 1. The third-order valence-electron chi connectivity index (χ3n) is 3.50. The molecule has 0 bridgehead atoms. The van der Waals surface area contributed by atoms with Crippen molar-refractivity contribution in [1.82, 2.24) is 4.98 Å². The highest BCUT2D eigenvalue weighted by atomic mass is 16.5. The highest BCUT2D eigenvalue weighted by Crippen LogP contribution is 2.17. The summed E-state index contributed by atoms with van der Waals surface area (Å²) in [5, 5.41) is 3.10. The normalized spacial score (nSPS) is 10.6. The molecule has 136 valence electrons. The van der Waals surface area contributed by atoms with Gasteiger partial charge >= 0.3 is 11.9 Å². The highest BCUT2D eigenvalue weighted by Gasteiger charge is 2.19. The van der Waals surface area contributed by atoms with Crippen molar-refractivity contribution in [2.24, 2.45) is 0 Å². The maximum Gasteiger partial charge on any atom is 0.340 e. The van der Waals surface area contributed by atoms with Crippen molar-refractivity contribution >= 4 is 23.7 Å². The van der Waals surface area contributed by atoms with Crippen LogP contribution in [0.5, 0.6) is 0 Å². The van der Waals surface area contributed by atoms with Gasteiger partial charge in [-0.05, 0) is 45.0 Å². The standard InChI is InChI=1S/C20H22N2O4/c1-4-25-19(23)16-13-17(20(24)26-5-2)18(22-14(16)3)11-12-21-15-9-7-6-8-10-15/h6-13,21H,4-5H2,1-3H3/b12-11-. The molecule has 1 aromatic carbocycles. The zero-order chi connectivity index (χ0) is 18.9. The lowest BCUT2D eigenvalue weighted by Gasteiger charge is -2.10. The Morgan fingerprint density at radius 3 is 2.27 bits per heavy atom. The maximum atomic E-state index is 12.3. The Bertz CT molecular complexity index is 801. The number of anilines is 1. The average Bonchev–Trinajstić information content (AvgIpc) is 2.63. The number of nitrogens with zero attached hydrogens (tertiary/aromatic N) is 1. The zero-order valence-electron chi connectivity index (χ0n) is 15.1. The van der Waals surface area contributed by atoms with E-state index in [-0.39, 0.29) is 24.3 Å². The van der Waals surface area contributed by atoms with E-state index in [9.17, 15) is 9.59 Å². The highest BCUT2D eigenvalue weighted by molar-refractivity contribution is 5.98. The van der Waals surface area contributed by atoms with E-state index < -0.39 is 11.9 Å². The summed E-state index contributed by atoms with van der Waals surface area (Å²) in [7, 11) is 0. The smallest absolute Gasteiger partial charge is 0.340 e. The third kappa shape index (κ3) is 4.92. The topological polar surface area (TPSA) is 77.5 Å². The van der Waals surface area contributed by atoms with Crippen LogP contribution in [0.1, 0.15) is 46.0 Å². The van der Waals surface area contributed by atoms with Gasteiger partial charge in [-0.25, -0.2) is 9.59 Å². The molecule has 0 aliphatic heterocycles. The summed E-state index contributed by atoms with van der Waals surface area (Å²) in [6.07, 6.45) is 3.35. The van der Waals surface area contributed by atoms with E-state index in [0.717, 1.165) is 5.69 Å². The molecule has 1 aromatic heterocycles. The van der Waals surface area contributed by atoms with Gasteiger partial charge in [0.2, 0.25) is 0 Å². The van der Waals surface area contributed by atoms with Crippen LogP contribution in [0.25, 0.3) is 6.08 Å². The molecule has 1 heterocycles. The number of nitrogens with one attached hydrogen (secondary N) is 1. The predicted molar refractivity (Wildman–Crippen MR) is 100.0 cm³/mol. The molecule has 2 aromatic rings. The molecule has 0 amide bonds. The summed E-state index contributed by atoms with van der Waals surface area (Å²) in [5.74, 6) is -1.05. The van der Waals surface area contributed by atoms with Gasteiger partial charge in [0.05, 0.1) is 35.7 Å². The van der Waals surface area contributed by atoms with Crippen LogP contribution < -0.4 is 5.32 Å². The van der Waals surface area contributed by atoms with E-state index in [0.29, 0.717) is 11.4 Å². The predicted octanol–water partition coefficient (Wildman–Crippen LogP) is 3.83. The number of benzene rings is 1. The Labute approximate surface area is 152 Å². The molecule has 0 fully saturated rings. The van der Waals surface area contributed by atoms with Crippen molar-refractivity contribution in [3.8, 4) is 0 Å². The number of esters is 2. The van der Waals surface area contributed by atoms with Crippen LogP contribution in [0.3, 0.4) is 0 Å². The van der Waals surface area contributed by atoms with Crippen LogP contribution in [0, 0.1) is 6.92 Å². The summed E-state index contributed by atoms with van der Waals surface area (Å²) < 4.78 is 10.1. The summed E-state index contributed by atoms with van der Waals surface area (Å²) in [5.41, 5.74) is 2.27. The minimum Gasteiger partial charge on any atom is -0.462 e. The molecule has 0 unspecified atom stereocenters. The molecule has 26 heavy (non-hydrogen) atoms. The number of ether oxygens (including phenoxy) is 2. The van der Waals surface area contributed by atoms with Gasteiger partial charge in [-0.15, -0.1) is 0 Å². The van der Waals surface area contributed by atoms with Crippen LogP contribution in [-0.4, -0.2) is 30.1 Å². The van der Waals surface area contributed by atoms with Gasteiger partial charge in [0.15, 0.2) is 0 Å². The first-order valence-electron chi connectivity index (χ1n) is 8.40. The maximum absolute atomic E-state index is 12.3.